The Bertz CT molecular complexity index is 398. The van der Waals surface area contributed by atoms with E-state index in [1.807, 2.05) is 14.0 Å². The first-order valence-corrected chi connectivity index (χ1v) is 5.80. The lowest BCUT2D eigenvalue weighted by atomic mass is 10.1. The van der Waals surface area contributed by atoms with E-state index in [4.69, 9.17) is 11.6 Å². The molecule has 1 aromatic carbocycles. The highest BCUT2D eigenvalue weighted by Gasteiger charge is 2.09. The molecule has 0 saturated heterocycles. The summed E-state index contributed by atoms with van der Waals surface area (Å²) in [5.41, 5.74) is 0.369. The van der Waals surface area contributed by atoms with Crippen LogP contribution in [0.5, 0.6) is 0 Å². The molecule has 94 valence electrons. The molecule has 3 nitrogen and oxygen atoms in total. The van der Waals surface area contributed by atoms with Crippen molar-refractivity contribution in [1.29, 1.82) is 0 Å². The van der Waals surface area contributed by atoms with E-state index < -0.39 is 5.82 Å². The van der Waals surface area contributed by atoms with E-state index in [9.17, 15) is 9.18 Å². The summed E-state index contributed by atoms with van der Waals surface area (Å²) in [5, 5.41) is 5.75. The second-order valence-electron chi connectivity index (χ2n) is 4.00. The minimum atomic E-state index is -0.522. The molecule has 0 aliphatic rings. The number of hydrogen-bond acceptors (Lipinski definition) is 2. The summed E-state index contributed by atoms with van der Waals surface area (Å²) < 4.78 is 12.9. The van der Waals surface area contributed by atoms with E-state index in [-0.39, 0.29) is 10.9 Å². The van der Waals surface area contributed by atoms with Crippen molar-refractivity contribution in [3.05, 3.63) is 34.6 Å². The number of hydrogen-bond donors (Lipinski definition) is 2. The maximum Gasteiger partial charge on any atom is 0.251 e. The molecule has 1 amide bonds. The quantitative estimate of drug-likeness (QED) is 0.849. The van der Waals surface area contributed by atoms with Gasteiger partial charge in [-0.15, -0.1) is 0 Å². The molecule has 0 spiro atoms. The summed E-state index contributed by atoms with van der Waals surface area (Å²) >= 11 is 5.61. The van der Waals surface area contributed by atoms with Crippen LogP contribution >= 0.6 is 11.6 Å². The van der Waals surface area contributed by atoms with Gasteiger partial charge in [-0.1, -0.05) is 18.5 Å². The highest BCUT2D eigenvalue weighted by Crippen LogP contribution is 2.15. The molecule has 0 saturated carbocycles. The minimum Gasteiger partial charge on any atom is -0.352 e. The maximum atomic E-state index is 12.9. The largest absolute Gasteiger partial charge is 0.352 e. The molecular formula is C12H16ClFN2O. The van der Waals surface area contributed by atoms with E-state index in [0.29, 0.717) is 18.0 Å². The first kappa shape index (κ1) is 13.9. The molecule has 0 aliphatic carbocycles. The van der Waals surface area contributed by atoms with E-state index in [1.54, 1.807) is 0 Å². The molecule has 5 heteroatoms. The van der Waals surface area contributed by atoms with Gasteiger partial charge in [0.25, 0.3) is 5.91 Å². The summed E-state index contributed by atoms with van der Waals surface area (Å²) in [5.74, 6) is -0.429. The zero-order chi connectivity index (χ0) is 12.8. The third-order valence-electron chi connectivity index (χ3n) is 2.35. The molecule has 1 atom stereocenters. The van der Waals surface area contributed by atoms with Crippen molar-refractivity contribution >= 4 is 17.5 Å². The van der Waals surface area contributed by atoms with Crippen molar-refractivity contribution in [2.24, 2.45) is 5.92 Å². The maximum absolute atomic E-state index is 12.9. The van der Waals surface area contributed by atoms with Crippen molar-refractivity contribution in [2.45, 2.75) is 6.92 Å². The number of carbonyl (C=O) groups excluding carboxylic acids is 1. The van der Waals surface area contributed by atoms with Gasteiger partial charge in [0.05, 0.1) is 5.02 Å². The van der Waals surface area contributed by atoms with Crippen molar-refractivity contribution in [3.63, 3.8) is 0 Å². The molecule has 2 N–H and O–H groups in total. The minimum absolute atomic E-state index is 0.0408. The third-order valence-corrected chi connectivity index (χ3v) is 2.64. The van der Waals surface area contributed by atoms with Gasteiger partial charge >= 0.3 is 0 Å². The average molecular weight is 259 g/mol. The Morgan fingerprint density at radius 3 is 2.76 bits per heavy atom. The number of nitrogens with one attached hydrogen (secondary N) is 2. The SMILES string of the molecule is CNCC(C)CNC(=O)c1ccc(F)c(Cl)c1. The number of rotatable bonds is 5. The van der Waals surface area contributed by atoms with Gasteiger partial charge in [-0.25, -0.2) is 4.39 Å². The Balaban J connectivity index is 2.55. The second kappa shape index (κ2) is 6.57. The van der Waals surface area contributed by atoms with E-state index in [2.05, 4.69) is 10.6 Å². The van der Waals surface area contributed by atoms with E-state index >= 15 is 0 Å². The summed E-state index contributed by atoms with van der Waals surface area (Å²) in [7, 11) is 1.86. The number of amides is 1. The number of carbonyl (C=O) groups is 1. The number of halogens is 2. The Labute approximate surface area is 105 Å². The molecule has 17 heavy (non-hydrogen) atoms. The van der Waals surface area contributed by atoms with Gasteiger partial charge in [0, 0.05) is 12.1 Å². The van der Waals surface area contributed by atoms with Gasteiger partial charge in [0.1, 0.15) is 5.82 Å². The fourth-order valence-electron chi connectivity index (χ4n) is 1.43. The van der Waals surface area contributed by atoms with Crippen LogP contribution in [0.15, 0.2) is 18.2 Å². The van der Waals surface area contributed by atoms with Gasteiger partial charge < -0.3 is 10.6 Å². The van der Waals surface area contributed by atoms with Gasteiger partial charge in [-0.3, -0.25) is 4.79 Å². The molecule has 0 aliphatic heterocycles. The Hall–Kier alpha value is -1.13. The molecule has 0 radical (unpaired) electrons. The molecular weight excluding hydrogens is 243 g/mol. The fraction of sp³-hybridized carbons (Fsp3) is 0.417. The monoisotopic (exact) mass is 258 g/mol. The summed E-state index contributed by atoms with van der Waals surface area (Å²) in [6.45, 7) is 3.41. The molecule has 1 rings (SSSR count). The first-order valence-electron chi connectivity index (χ1n) is 5.42. The fourth-order valence-corrected chi connectivity index (χ4v) is 1.61. The van der Waals surface area contributed by atoms with Crippen LogP contribution in [0, 0.1) is 11.7 Å². The Kier molecular flexibility index (Phi) is 5.38. The summed E-state index contributed by atoms with van der Waals surface area (Å²) in [4.78, 5) is 11.7. The van der Waals surface area contributed by atoms with Crippen molar-refractivity contribution in [3.8, 4) is 0 Å². The molecule has 0 fully saturated rings. The van der Waals surface area contributed by atoms with Crippen LogP contribution in [0.3, 0.4) is 0 Å². The highest BCUT2D eigenvalue weighted by atomic mass is 35.5. The number of benzene rings is 1. The van der Waals surface area contributed by atoms with Gasteiger partial charge in [-0.2, -0.15) is 0 Å². The van der Waals surface area contributed by atoms with Crippen LogP contribution in [-0.2, 0) is 0 Å². The lowest BCUT2D eigenvalue weighted by Crippen LogP contribution is -2.32. The summed E-state index contributed by atoms with van der Waals surface area (Å²) in [6.07, 6.45) is 0. The van der Waals surface area contributed by atoms with Gasteiger partial charge in [-0.05, 0) is 37.7 Å². The topological polar surface area (TPSA) is 41.1 Å². The van der Waals surface area contributed by atoms with Crippen molar-refractivity contribution in [1.82, 2.24) is 10.6 Å². The van der Waals surface area contributed by atoms with Crippen molar-refractivity contribution < 1.29 is 9.18 Å². The van der Waals surface area contributed by atoms with Gasteiger partial charge in [0.15, 0.2) is 0 Å². The van der Waals surface area contributed by atoms with Crippen LogP contribution in [0.4, 0.5) is 4.39 Å². The summed E-state index contributed by atoms with van der Waals surface area (Å²) in [6, 6.07) is 3.93. The Morgan fingerprint density at radius 2 is 2.18 bits per heavy atom. The molecule has 0 bridgehead atoms. The van der Waals surface area contributed by atoms with Crippen molar-refractivity contribution in [2.75, 3.05) is 20.1 Å². The van der Waals surface area contributed by atoms with Gasteiger partial charge in [0.2, 0.25) is 0 Å². The lowest BCUT2D eigenvalue weighted by molar-refractivity contribution is 0.0948. The second-order valence-corrected chi connectivity index (χ2v) is 4.41. The molecule has 0 aromatic heterocycles. The lowest BCUT2D eigenvalue weighted by Gasteiger charge is -2.12. The Morgan fingerprint density at radius 1 is 1.47 bits per heavy atom. The zero-order valence-corrected chi connectivity index (χ0v) is 10.6. The van der Waals surface area contributed by atoms with E-state index in [0.717, 1.165) is 6.54 Å². The van der Waals surface area contributed by atoms with E-state index in [1.165, 1.54) is 18.2 Å². The molecule has 1 aromatic rings. The predicted octanol–water partition coefficient (Wildman–Crippen LogP) is 2.06. The third kappa shape index (κ3) is 4.32. The smallest absolute Gasteiger partial charge is 0.251 e. The predicted molar refractivity (Wildman–Crippen MR) is 66.8 cm³/mol. The molecule has 0 heterocycles. The van der Waals surface area contributed by atoms with Crippen LogP contribution in [0.2, 0.25) is 5.02 Å². The standard InChI is InChI=1S/C12H16ClFN2O/c1-8(6-15-2)7-16-12(17)9-3-4-11(14)10(13)5-9/h3-5,8,15H,6-7H2,1-2H3,(H,16,17). The van der Waals surface area contributed by atoms with Crippen LogP contribution in [0.25, 0.3) is 0 Å². The van der Waals surface area contributed by atoms with Crippen LogP contribution in [0.1, 0.15) is 17.3 Å². The molecule has 1 unspecified atom stereocenters. The zero-order valence-electron chi connectivity index (χ0n) is 9.89. The van der Waals surface area contributed by atoms with Crippen LogP contribution < -0.4 is 10.6 Å². The first-order chi connectivity index (χ1) is 8.04. The van der Waals surface area contributed by atoms with Crippen LogP contribution in [-0.4, -0.2) is 26.0 Å². The average Bonchev–Trinajstić information content (AvgIpc) is 2.30. The normalized spacial score (nSPS) is 12.2. The highest BCUT2D eigenvalue weighted by molar-refractivity contribution is 6.31.